The zero-order valence-corrected chi connectivity index (χ0v) is 13.6. The number of nitrogens with one attached hydrogen (secondary N) is 1. The van der Waals surface area contributed by atoms with Crippen molar-refractivity contribution in [2.45, 2.75) is 13.8 Å². The monoisotopic (exact) mass is 332 g/mol. The highest BCUT2D eigenvalue weighted by Gasteiger charge is 2.09. The van der Waals surface area contributed by atoms with Crippen LogP contribution in [0.1, 0.15) is 22.8 Å². The smallest absolute Gasteiger partial charge is 0.262 e. The quantitative estimate of drug-likeness (QED) is 0.649. The van der Waals surface area contributed by atoms with Gasteiger partial charge in [0.05, 0.1) is 5.69 Å². The van der Waals surface area contributed by atoms with Gasteiger partial charge in [-0.3, -0.25) is 9.59 Å². The molecule has 23 heavy (non-hydrogen) atoms. The van der Waals surface area contributed by atoms with Gasteiger partial charge in [0.1, 0.15) is 5.75 Å². The van der Waals surface area contributed by atoms with Gasteiger partial charge in [0, 0.05) is 16.3 Å². The van der Waals surface area contributed by atoms with Crippen LogP contribution < -0.4 is 15.8 Å². The maximum atomic E-state index is 11.9. The molecule has 2 aromatic rings. The second-order valence-electron chi connectivity index (χ2n) is 5.11. The molecule has 1 amide bonds. The molecular formula is C17H17ClN2O3. The number of amides is 1. The summed E-state index contributed by atoms with van der Waals surface area (Å²) in [5.41, 5.74) is 8.13. The Morgan fingerprint density at radius 1 is 1.22 bits per heavy atom. The average molecular weight is 333 g/mol. The molecule has 0 atom stereocenters. The van der Waals surface area contributed by atoms with Crippen molar-refractivity contribution in [3.8, 4) is 5.75 Å². The van der Waals surface area contributed by atoms with E-state index in [9.17, 15) is 9.59 Å². The molecule has 0 saturated carbocycles. The molecule has 0 fully saturated rings. The third-order valence-corrected chi connectivity index (χ3v) is 3.64. The lowest BCUT2D eigenvalue weighted by Crippen LogP contribution is -2.20. The molecule has 3 N–H and O–H groups in total. The SMILES string of the molecule is CC(=O)c1ccc(OCC(=O)Nc2ccc(C)c(Cl)c2)c(N)c1. The van der Waals surface area contributed by atoms with E-state index in [1.54, 1.807) is 24.3 Å². The number of ketones is 1. The number of halogens is 1. The number of aryl methyl sites for hydroxylation is 1. The number of nitrogen functional groups attached to an aromatic ring is 1. The average Bonchev–Trinajstić information content (AvgIpc) is 2.49. The predicted octanol–water partition coefficient (Wildman–Crippen LogP) is 3.45. The lowest BCUT2D eigenvalue weighted by Gasteiger charge is -2.10. The summed E-state index contributed by atoms with van der Waals surface area (Å²) in [6.45, 7) is 3.13. The van der Waals surface area contributed by atoms with Gasteiger partial charge in [-0.15, -0.1) is 0 Å². The van der Waals surface area contributed by atoms with Crippen molar-refractivity contribution in [2.24, 2.45) is 0 Å². The van der Waals surface area contributed by atoms with Crippen molar-refractivity contribution >= 4 is 34.7 Å². The molecule has 0 radical (unpaired) electrons. The second kappa shape index (κ2) is 7.15. The maximum absolute atomic E-state index is 11.9. The summed E-state index contributed by atoms with van der Waals surface area (Å²) in [5, 5.41) is 3.26. The van der Waals surface area contributed by atoms with E-state index < -0.39 is 0 Å². The minimum atomic E-state index is -0.333. The Kier molecular flexibility index (Phi) is 5.24. The number of benzene rings is 2. The van der Waals surface area contributed by atoms with Crippen LogP contribution in [0, 0.1) is 6.92 Å². The van der Waals surface area contributed by atoms with Gasteiger partial charge < -0.3 is 15.8 Å². The summed E-state index contributed by atoms with van der Waals surface area (Å²) >= 11 is 6.00. The number of rotatable bonds is 5. The van der Waals surface area contributed by atoms with E-state index in [-0.39, 0.29) is 18.3 Å². The molecule has 0 bridgehead atoms. The molecule has 0 heterocycles. The summed E-state index contributed by atoms with van der Waals surface area (Å²) in [4.78, 5) is 23.2. The third-order valence-electron chi connectivity index (χ3n) is 3.23. The van der Waals surface area contributed by atoms with Crippen LogP contribution in [0.4, 0.5) is 11.4 Å². The Hall–Kier alpha value is -2.53. The summed E-state index contributed by atoms with van der Waals surface area (Å²) in [6, 6.07) is 9.94. The molecule has 0 aromatic heterocycles. The molecule has 0 aliphatic rings. The summed E-state index contributed by atoms with van der Waals surface area (Å²) in [5.74, 6) is -0.0655. The van der Waals surface area contributed by atoms with Gasteiger partial charge in [-0.2, -0.15) is 0 Å². The van der Waals surface area contributed by atoms with E-state index >= 15 is 0 Å². The number of hydrogen-bond donors (Lipinski definition) is 2. The van der Waals surface area contributed by atoms with E-state index in [1.807, 2.05) is 13.0 Å². The van der Waals surface area contributed by atoms with Crippen molar-refractivity contribution in [1.82, 2.24) is 0 Å². The largest absolute Gasteiger partial charge is 0.482 e. The fourth-order valence-corrected chi connectivity index (χ4v) is 2.09. The number of hydrogen-bond acceptors (Lipinski definition) is 4. The normalized spacial score (nSPS) is 10.2. The zero-order chi connectivity index (χ0) is 17.0. The van der Waals surface area contributed by atoms with Crippen LogP contribution in [-0.4, -0.2) is 18.3 Å². The molecule has 0 saturated heterocycles. The molecule has 5 nitrogen and oxygen atoms in total. The van der Waals surface area contributed by atoms with Crippen molar-refractivity contribution < 1.29 is 14.3 Å². The van der Waals surface area contributed by atoms with Crippen LogP contribution in [0.25, 0.3) is 0 Å². The second-order valence-corrected chi connectivity index (χ2v) is 5.52. The van der Waals surface area contributed by atoms with Gasteiger partial charge >= 0.3 is 0 Å². The molecule has 6 heteroatoms. The fourth-order valence-electron chi connectivity index (χ4n) is 1.91. The van der Waals surface area contributed by atoms with Gasteiger partial charge in [-0.05, 0) is 49.7 Å². The van der Waals surface area contributed by atoms with Crippen LogP contribution in [-0.2, 0) is 4.79 Å². The van der Waals surface area contributed by atoms with Crippen molar-refractivity contribution in [1.29, 1.82) is 0 Å². The Balaban J connectivity index is 1.96. The van der Waals surface area contributed by atoms with Gasteiger partial charge in [-0.1, -0.05) is 17.7 Å². The van der Waals surface area contributed by atoms with Crippen molar-refractivity contribution in [3.63, 3.8) is 0 Å². The first-order valence-electron chi connectivity index (χ1n) is 6.96. The lowest BCUT2D eigenvalue weighted by molar-refractivity contribution is -0.118. The first kappa shape index (κ1) is 16.8. The topological polar surface area (TPSA) is 81.4 Å². The molecule has 2 rings (SSSR count). The molecule has 0 spiro atoms. The predicted molar refractivity (Wildman–Crippen MR) is 91.2 cm³/mol. The van der Waals surface area contributed by atoms with Crippen LogP contribution in [0.15, 0.2) is 36.4 Å². The number of nitrogens with two attached hydrogens (primary N) is 1. The third kappa shape index (κ3) is 4.47. The highest BCUT2D eigenvalue weighted by molar-refractivity contribution is 6.31. The number of carbonyl (C=O) groups excluding carboxylic acids is 2. The van der Waals surface area contributed by atoms with Crippen LogP contribution in [0.2, 0.25) is 5.02 Å². The first-order valence-corrected chi connectivity index (χ1v) is 7.34. The zero-order valence-electron chi connectivity index (χ0n) is 12.9. The Morgan fingerprint density at radius 2 is 1.96 bits per heavy atom. The summed E-state index contributed by atoms with van der Waals surface area (Å²) < 4.78 is 5.38. The van der Waals surface area contributed by atoms with Crippen LogP contribution >= 0.6 is 11.6 Å². The summed E-state index contributed by atoms with van der Waals surface area (Å²) in [6.07, 6.45) is 0. The number of carbonyl (C=O) groups is 2. The Morgan fingerprint density at radius 3 is 2.57 bits per heavy atom. The van der Waals surface area contributed by atoms with E-state index in [0.717, 1.165) is 5.56 Å². The highest BCUT2D eigenvalue weighted by Crippen LogP contribution is 2.23. The van der Waals surface area contributed by atoms with Gasteiger partial charge in [0.25, 0.3) is 5.91 Å². The molecule has 0 unspecified atom stereocenters. The fraction of sp³-hybridized carbons (Fsp3) is 0.176. The van der Waals surface area contributed by atoms with Crippen molar-refractivity contribution in [2.75, 3.05) is 17.7 Å². The number of Topliss-reactive ketones (excluding diaryl/α,β-unsaturated/α-hetero) is 1. The maximum Gasteiger partial charge on any atom is 0.262 e. The molecular weight excluding hydrogens is 316 g/mol. The highest BCUT2D eigenvalue weighted by atomic mass is 35.5. The van der Waals surface area contributed by atoms with Crippen LogP contribution in [0.3, 0.4) is 0 Å². The van der Waals surface area contributed by atoms with Crippen molar-refractivity contribution in [3.05, 3.63) is 52.5 Å². The minimum absolute atomic E-state index is 0.0859. The molecule has 0 aliphatic carbocycles. The molecule has 2 aromatic carbocycles. The molecule has 120 valence electrons. The first-order chi connectivity index (χ1) is 10.9. The lowest BCUT2D eigenvalue weighted by atomic mass is 10.1. The van der Waals surface area contributed by atoms with Crippen LogP contribution in [0.5, 0.6) is 5.75 Å². The van der Waals surface area contributed by atoms with Gasteiger partial charge in [-0.25, -0.2) is 0 Å². The van der Waals surface area contributed by atoms with E-state index in [1.165, 1.54) is 13.0 Å². The Bertz CT molecular complexity index is 759. The minimum Gasteiger partial charge on any atom is -0.482 e. The Labute approximate surface area is 139 Å². The molecule has 0 aliphatic heterocycles. The van der Waals surface area contributed by atoms with Gasteiger partial charge in [0.15, 0.2) is 12.4 Å². The van der Waals surface area contributed by atoms with Gasteiger partial charge in [0.2, 0.25) is 0 Å². The van der Waals surface area contributed by atoms with E-state index in [2.05, 4.69) is 5.32 Å². The summed E-state index contributed by atoms with van der Waals surface area (Å²) in [7, 11) is 0. The van der Waals surface area contributed by atoms with E-state index in [0.29, 0.717) is 27.7 Å². The standard InChI is InChI=1S/C17H17ClN2O3/c1-10-3-5-13(8-14(10)18)20-17(22)9-23-16-6-4-12(11(2)21)7-15(16)19/h3-8H,9,19H2,1-2H3,(H,20,22). The number of anilines is 2. The number of ether oxygens (including phenoxy) is 1. The van der Waals surface area contributed by atoms with E-state index in [4.69, 9.17) is 22.1 Å².